The molecule has 9 heteroatoms. The van der Waals surface area contributed by atoms with Crippen molar-refractivity contribution in [3.8, 4) is 0 Å². The zero-order valence-corrected chi connectivity index (χ0v) is 17.1. The quantitative estimate of drug-likeness (QED) is 0.750. The van der Waals surface area contributed by atoms with Crippen molar-refractivity contribution in [1.29, 1.82) is 0 Å². The topological polar surface area (TPSA) is 109 Å². The molecule has 0 spiro atoms. The minimum absolute atomic E-state index is 0.0318. The number of hydrogen-bond acceptors (Lipinski definition) is 6. The molecule has 1 unspecified atom stereocenters. The molecule has 162 valence electrons. The smallest absolute Gasteiger partial charge is 0.275 e. The number of benzene rings is 1. The summed E-state index contributed by atoms with van der Waals surface area (Å²) in [6, 6.07) is 9.84. The summed E-state index contributed by atoms with van der Waals surface area (Å²) in [5.74, 6) is -0.176. The Labute approximate surface area is 178 Å². The lowest BCUT2D eigenvalue weighted by molar-refractivity contribution is -0.138. The van der Waals surface area contributed by atoms with E-state index >= 15 is 0 Å². The largest absolute Gasteiger partial charge is 0.733 e. The second-order valence-electron chi connectivity index (χ2n) is 8.64. The predicted molar refractivity (Wildman–Crippen MR) is 112 cm³/mol. The molecule has 1 fully saturated rings. The molecule has 5 rings (SSSR count). The summed E-state index contributed by atoms with van der Waals surface area (Å²) in [4.78, 5) is 42.1. The Balaban J connectivity index is 1.36. The second kappa shape index (κ2) is 7.21. The standard InChI is InChI=1S/C22H23N4O5/c1-13(24-12-15-4-2-3-5-17(15)21(24)28)20(27)23-9-14-8-16(11-23)18-6-7-19(26(30)31)22(29)25(18)10-14/h2-7,13-14,16,30H,8-12H2,1H3/q-1/t13-,14-,16?/m0/s1. The van der Waals surface area contributed by atoms with Crippen molar-refractivity contribution in [2.24, 2.45) is 5.92 Å². The number of anilines is 1. The van der Waals surface area contributed by atoms with Gasteiger partial charge in [0.2, 0.25) is 5.91 Å². The van der Waals surface area contributed by atoms with Gasteiger partial charge in [0.1, 0.15) is 11.7 Å². The van der Waals surface area contributed by atoms with Gasteiger partial charge in [-0.25, -0.2) is 0 Å². The molecule has 2 aromatic rings. The molecule has 0 aliphatic carbocycles. The number of rotatable bonds is 3. The monoisotopic (exact) mass is 423 g/mol. The van der Waals surface area contributed by atoms with E-state index in [1.165, 1.54) is 6.07 Å². The van der Waals surface area contributed by atoms with Gasteiger partial charge in [-0.3, -0.25) is 19.6 Å². The molecule has 2 bridgehead atoms. The summed E-state index contributed by atoms with van der Waals surface area (Å²) in [5.41, 5.74) is 1.53. The highest BCUT2D eigenvalue weighted by Gasteiger charge is 2.40. The molecular weight excluding hydrogens is 400 g/mol. The number of amides is 2. The van der Waals surface area contributed by atoms with Gasteiger partial charge >= 0.3 is 0 Å². The van der Waals surface area contributed by atoms with E-state index in [1.54, 1.807) is 33.4 Å². The van der Waals surface area contributed by atoms with Crippen LogP contribution in [0.5, 0.6) is 0 Å². The van der Waals surface area contributed by atoms with Gasteiger partial charge in [-0.2, -0.15) is 0 Å². The Morgan fingerprint density at radius 1 is 1.16 bits per heavy atom. The molecule has 1 saturated heterocycles. The number of pyridine rings is 1. The van der Waals surface area contributed by atoms with Crippen molar-refractivity contribution in [3.63, 3.8) is 0 Å². The number of aromatic nitrogens is 1. The number of piperidine rings is 1. The zero-order chi connectivity index (χ0) is 21.9. The molecule has 3 atom stereocenters. The third kappa shape index (κ3) is 3.12. The van der Waals surface area contributed by atoms with E-state index < -0.39 is 16.8 Å². The first-order chi connectivity index (χ1) is 14.8. The molecule has 3 aliphatic heterocycles. The Kier molecular flexibility index (Phi) is 4.60. The SMILES string of the molecule is C[C@@H](C(=O)N1CC2C[C@@H](C1)Cn1c2ccc(N([O-])O)c1=O)N1Cc2ccccc2C1=O. The predicted octanol–water partition coefficient (Wildman–Crippen LogP) is 1.53. The molecule has 31 heavy (non-hydrogen) atoms. The van der Waals surface area contributed by atoms with Crippen molar-refractivity contribution in [2.75, 3.05) is 18.3 Å². The fourth-order valence-electron chi connectivity index (χ4n) is 5.25. The van der Waals surface area contributed by atoms with Crippen molar-refractivity contribution in [1.82, 2.24) is 14.4 Å². The molecule has 2 amide bonds. The van der Waals surface area contributed by atoms with Crippen LogP contribution in [0.25, 0.3) is 0 Å². The molecule has 9 nitrogen and oxygen atoms in total. The van der Waals surface area contributed by atoms with Crippen molar-refractivity contribution < 1.29 is 14.8 Å². The Hall–Kier alpha value is -3.17. The number of likely N-dealkylation sites (tertiary alicyclic amines) is 1. The van der Waals surface area contributed by atoms with Gasteiger partial charge in [0.25, 0.3) is 11.5 Å². The number of nitrogens with zero attached hydrogens (tertiary/aromatic N) is 4. The van der Waals surface area contributed by atoms with Gasteiger partial charge in [0, 0.05) is 43.4 Å². The molecule has 0 radical (unpaired) electrons. The molecule has 0 saturated carbocycles. The van der Waals surface area contributed by atoms with Gasteiger partial charge in [-0.15, -0.1) is 0 Å². The van der Waals surface area contributed by atoms with E-state index in [0.717, 1.165) is 17.7 Å². The van der Waals surface area contributed by atoms with Gasteiger partial charge < -0.3 is 24.8 Å². The Bertz CT molecular complexity index is 1130. The van der Waals surface area contributed by atoms with Crippen molar-refractivity contribution >= 4 is 17.5 Å². The van der Waals surface area contributed by atoms with E-state index in [1.807, 2.05) is 18.2 Å². The normalized spacial score (nSPS) is 22.7. The van der Waals surface area contributed by atoms with Crippen LogP contribution >= 0.6 is 0 Å². The van der Waals surface area contributed by atoms with Gasteiger partial charge in [0.05, 0.1) is 0 Å². The second-order valence-corrected chi connectivity index (χ2v) is 8.64. The molecule has 1 N–H and O–H groups in total. The average Bonchev–Trinajstić information content (AvgIpc) is 3.10. The van der Waals surface area contributed by atoms with Crippen LogP contribution in [-0.4, -0.2) is 50.5 Å². The Morgan fingerprint density at radius 2 is 1.94 bits per heavy atom. The summed E-state index contributed by atoms with van der Waals surface area (Å²) in [6.45, 7) is 3.53. The highest BCUT2D eigenvalue weighted by Crippen LogP contribution is 2.36. The van der Waals surface area contributed by atoms with Gasteiger partial charge in [0.15, 0.2) is 0 Å². The fraction of sp³-hybridized carbons (Fsp3) is 0.409. The van der Waals surface area contributed by atoms with Crippen LogP contribution in [0.4, 0.5) is 5.69 Å². The molecule has 1 aromatic heterocycles. The summed E-state index contributed by atoms with van der Waals surface area (Å²) in [7, 11) is 0. The average molecular weight is 423 g/mol. The van der Waals surface area contributed by atoms with Crippen LogP contribution < -0.4 is 10.8 Å². The lowest BCUT2D eigenvalue weighted by Gasteiger charge is -2.44. The van der Waals surface area contributed by atoms with Crippen LogP contribution in [0.2, 0.25) is 0 Å². The van der Waals surface area contributed by atoms with E-state index in [4.69, 9.17) is 5.21 Å². The van der Waals surface area contributed by atoms with E-state index in [-0.39, 0.29) is 29.3 Å². The van der Waals surface area contributed by atoms with E-state index in [9.17, 15) is 19.6 Å². The first-order valence-corrected chi connectivity index (χ1v) is 10.4. The molecular formula is C22H23N4O5-. The number of carbonyl (C=O) groups is 2. The van der Waals surface area contributed by atoms with Crippen LogP contribution in [0.1, 0.15) is 40.9 Å². The molecule has 1 aromatic carbocycles. The minimum atomic E-state index is -0.577. The van der Waals surface area contributed by atoms with Gasteiger partial charge in [-0.05, 0) is 43.0 Å². The van der Waals surface area contributed by atoms with Crippen LogP contribution in [-0.2, 0) is 17.9 Å². The summed E-state index contributed by atoms with van der Waals surface area (Å²) in [5, 5.41) is 20.0. The maximum atomic E-state index is 13.3. The first kappa shape index (κ1) is 19.8. The Morgan fingerprint density at radius 3 is 2.68 bits per heavy atom. The number of hydrogen-bond donors (Lipinski definition) is 1. The molecule has 4 heterocycles. The van der Waals surface area contributed by atoms with Crippen molar-refractivity contribution in [3.05, 3.63) is 68.8 Å². The van der Waals surface area contributed by atoms with Crippen LogP contribution in [0, 0.1) is 11.1 Å². The number of carbonyl (C=O) groups excluding carboxylic acids is 2. The van der Waals surface area contributed by atoms with Crippen molar-refractivity contribution in [2.45, 2.75) is 38.4 Å². The summed E-state index contributed by atoms with van der Waals surface area (Å²) in [6.07, 6.45) is 0.852. The zero-order valence-electron chi connectivity index (χ0n) is 17.1. The minimum Gasteiger partial charge on any atom is -0.733 e. The maximum absolute atomic E-state index is 13.3. The van der Waals surface area contributed by atoms with Gasteiger partial charge in [-0.1, -0.05) is 18.2 Å². The van der Waals surface area contributed by atoms with Crippen LogP contribution in [0.3, 0.4) is 0 Å². The highest BCUT2D eigenvalue weighted by atomic mass is 16.8. The summed E-state index contributed by atoms with van der Waals surface area (Å²) >= 11 is 0. The highest BCUT2D eigenvalue weighted by molar-refractivity contribution is 6.01. The summed E-state index contributed by atoms with van der Waals surface area (Å²) < 4.78 is 1.54. The first-order valence-electron chi connectivity index (χ1n) is 10.4. The lowest BCUT2D eigenvalue weighted by Crippen LogP contribution is -2.54. The third-order valence-electron chi connectivity index (χ3n) is 6.78. The van der Waals surface area contributed by atoms with Crippen LogP contribution in [0.15, 0.2) is 41.2 Å². The maximum Gasteiger partial charge on any atom is 0.275 e. The van der Waals surface area contributed by atoms with E-state index in [2.05, 4.69) is 0 Å². The lowest BCUT2D eigenvalue weighted by atomic mass is 9.83. The van der Waals surface area contributed by atoms with E-state index in [0.29, 0.717) is 31.7 Å². The third-order valence-corrected chi connectivity index (χ3v) is 6.78. The number of fused-ring (bicyclic) bond motifs is 5. The molecule has 3 aliphatic rings. The fourth-order valence-corrected chi connectivity index (χ4v) is 5.25.